The van der Waals surface area contributed by atoms with Crippen LogP contribution in [0.25, 0.3) is 0 Å². The molecule has 0 aliphatic carbocycles. The second-order valence-corrected chi connectivity index (χ2v) is 4.95. The first-order valence-electron chi connectivity index (χ1n) is 7.04. The van der Waals surface area contributed by atoms with Crippen molar-refractivity contribution in [3.8, 4) is 5.88 Å². The van der Waals surface area contributed by atoms with Crippen LogP contribution in [0.1, 0.15) is 16.8 Å². The lowest BCUT2D eigenvalue weighted by molar-refractivity contribution is 0.202. The molecule has 0 saturated carbocycles. The number of aromatic nitrogens is 2. The van der Waals surface area contributed by atoms with Crippen molar-refractivity contribution in [1.82, 2.24) is 9.78 Å². The molecule has 5 nitrogen and oxygen atoms in total. The molecule has 2 rings (SSSR count). The van der Waals surface area contributed by atoms with Crippen LogP contribution in [0.2, 0.25) is 0 Å². The van der Waals surface area contributed by atoms with Crippen molar-refractivity contribution in [3.05, 3.63) is 41.1 Å². The minimum atomic E-state index is 0.687. The van der Waals surface area contributed by atoms with Gasteiger partial charge in [-0.1, -0.05) is 18.2 Å². The second-order valence-electron chi connectivity index (χ2n) is 4.95. The van der Waals surface area contributed by atoms with Crippen molar-refractivity contribution in [1.29, 1.82) is 0 Å². The smallest absolute Gasteiger partial charge is 0.216 e. The van der Waals surface area contributed by atoms with Crippen molar-refractivity contribution in [2.45, 2.75) is 19.9 Å². The minimum absolute atomic E-state index is 0.687. The van der Waals surface area contributed by atoms with E-state index in [1.165, 1.54) is 5.56 Å². The monoisotopic (exact) mass is 289 g/mol. The molecule has 0 unspecified atom stereocenters. The summed E-state index contributed by atoms with van der Waals surface area (Å²) in [4.78, 5) is 0. The Bertz CT molecular complexity index is 593. The summed E-state index contributed by atoms with van der Waals surface area (Å²) < 4.78 is 12.3. The molecule has 0 aliphatic rings. The summed E-state index contributed by atoms with van der Waals surface area (Å²) in [7, 11) is 5.29. The maximum absolute atomic E-state index is 5.42. The zero-order valence-corrected chi connectivity index (χ0v) is 13.1. The van der Waals surface area contributed by atoms with E-state index in [1.54, 1.807) is 18.9 Å². The number of anilines is 1. The third kappa shape index (κ3) is 3.55. The standard InChI is InChI=1S/C16H23N3O2/c1-12-14(16(21-4)19(2)18-12)11-17-15-8-6-5-7-13(15)9-10-20-3/h5-8,17H,9-11H2,1-4H3. The van der Waals surface area contributed by atoms with Gasteiger partial charge < -0.3 is 14.8 Å². The number of hydrogen-bond acceptors (Lipinski definition) is 4. The van der Waals surface area contributed by atoms with E-state index < -0.39 is 0 Å². The zero-order valence-electron chi connectivity index (χ0n) is 13.1. The van der Waals surface area contributed by atoms with Crippen molar-refractivity contribution in [2.24, 2.45) is 7.05 Å². The van der Waals surface area contributed by atoms with Gasteiger partial charge in [0.15, 0.2) is 0 Å². The lowest BCUT2D eigenvalue weighted by Gasteiger charge is -2.12. The average molecular weight is 289 g/mol. The van der Waals surface area contributed by atoms with E-state index in [0.717, 1.165) is 29.2 Å². The van der Waals surface area contributed by atoms with Gasteiger partial charge in [0.25, 0.3) is 0 Å². The van der Waals surface area contributed by atoms with E-state index >= 15 is 0 Å². The van der Waals surface area contributed by atoms with E-state index in [9.17, 15) is 0 Å². The predicted molar refractivity (Wildman–Crippen MR) is 83.8 cm³/mol. The molecule has 0 atom stereocenters. The van der Waals surface area contributed by atoms with Crippen LogP contribution in [0.5, 0.6) is 5.88 Å². The van der Waals surface area contributed by atoms with Gasteiger partial charge in [-0.2, -0.15) is 5.10 Å². The Kier molecular flexibility index (Phi) is 5.22. The highest BCUT2D eigenvalue weighted by Gasteiger charge is 2.13. The Morgan fingerprint density at radius 3 is 2.71 bits per heavy atom. The van der Waals surface area contributed by atoms with Gasteiger partial charge in [-0.25, -0.2) is 4.68 Å². The molecule has 2 aromatic rings. The number of nitrogens with one attached hydrogen (secondary N) is 1. The average Bonchev–Trinajstić information content (AvgIpc) is 2.77. The fourth-order valence-electron chi connectivity index (χ4n) is 2.45. The van der Waals surface area contributed by atoms with Gasteiger partial charge in [-0.3, -0.25) is 0 Å². The third-order valence-corrected chi connectivity index (χ3v) is 3.53. The van der Waals surface area contributed by atoms with Crippen molar-refractivity contribution >= 4 is 5.69 Å². The molecule has 114 valence electrons. The number of aryl methyl sites for hydroxylation is 2. The van der Waals surface area contributed by atoms with E-state index in [-0.39, 0.29) is 0 Å². The molecule has 1 aromatic heterocycles. The first-order chi connectivity index (χ1) is 10.2. The fraction of sp³-hybridized carbons (Fsp3) is 0.438. The topological polar surface area (TPSA) is 48.3 Å². The van der Waals surface area contributed by atoms with Crippen LogP contribution >= 0.6 is 0 Å². The Balaban J connectivity index is 2.13. The number of para-hydroxylation sites is 1. The molecule has 0 amide bonds. The highest BCUT2D eigenvalue weighted by atomic mass is 16.5. The van der Waals surface area contributed by atoms with Gasteiger partial charge in [-0.15, -0.1) is 0 Å². The van der Waals surface area contributed by atoms with E-state index in [2.05, 4.69) is 22.5 Å². The maximum atomic E-state index is 5.42. The molecule has 0 radical (unpaired) electrons. The molecule has 1 heterocycles. The molecule has 0 fully saturated rings. The Labute approximate surface area is 125 Å². The van der Waals surface area contributed by atoms with E-state index in [4.69, 9.17) is 9.47 Å². The van der Waals surface area contributed by atoms with Gasteiger partial charge in [-0.05, 0) is 25.0 Å². The van der Waals surface area contributed by atoms with Gasteiger partial charge in [0.1, 0.15) is 0 Å². The highest BCUT2D eigenvalue weighted by Crippen LogP contribution is 2.23. The quantitative estimate of drug-likeness (QED) is 0.851. The van der Waals surface area contributed by atoms with E-state index in [1.807, 2.05) is 26.1 Å². The molecule has 21 heavy (non-hydrogen) atoms. The number of hydrogen-bond donors (Lipinski definition) is 1. The molecule has 0 spiro atoms. The first kappa shape index (κ1) is 15.4. The van der Waals surface area contributed by atoms with Crippen LogP contribution in [0, 0.1) is 6.92 Å². The number of nitrogens with zero attached hydrogens (tertiary/aromatic N) is 2. The molecule has 0 bridgehead atoms. The molecule has 1 aromatic carbocycles. The van der Waals surface area contributed by atoms with Crippen LogP contribution in [0.4, 0.5) is 5.69 Å². The SMILES string of the molecule is COCCc1ccccc1NCc1c(C)nn(C)c1OC. The van der Waals surface area contributed by atoms with Crippen LogP contribution in [-0.4, -0.2) is 30.6 Å². The van der Waals surface area contributed by atoms with Crippen LogP contribution in [-0.2, 0) is 24.8 Å². The number of ether oxygens (including phenoxy) is 2. The van der Waals surface area contributed by atoms with Gasteiger partial charge in [0, 0.05) is 26.4 Å². The largest absolute Gasteiger partial charge is 0.481 e. The molecule has 0 saturated heterocycles. The third-order valence-electron chi connectivity index (χ3n) is 3.53. The predicted octanol–water partition coefficient (Wildman–Crippen LogP) is 2.54. The Morgan fingerprint density at radius 1 is 1.24 bits per heavy atom. The highest BCUT2D eigenvalue weighted by molar-refractivity contribution is 5.52. The fourth-order valence-corrected chi connectivity index (χ4v) is 2.45. The van der Waals surface area contributed by atoms with Crippen molar-refractivity contribution in [3.63, 3.8) is 0 Å². The number of rotatable bonds is 7. The molecule has 1 N–H and O–H groups in total. The first-order valence-corrected chi connectivity index (χ1v) is 7.04. The van der Waals surface area contributed by atoms with Gasteiger partial charge in [0.2, 0.25) is 5.88 Å². The summed E-state index contributed by atoms with van der Waals surface area (Å²) in [5, 5.41) is 7.88. The second kappa shape index (κ2) is 7.13. The molecule has 0 aliphatic heterocycles. The van der Waals surface area contributed by atoms with Crippen LogP contribution < -0.4 is 10.1 Å². The van der Waals surface area contributed by atoms with Gasteiger partial charge >= 0.3 is 0 Å². The van der Waals surface area contributed by atoms with Crippen molar-refractivity contribution in [2.75, 3.05) is 26.1 Å². The Hall–Kier alpha value is -2.01. The lowest BCUT2D eigenvalue weighted by Crippen LogP contribution is -2.06. The molecule has 5 heteroatoms. The summed E-state index contributed by atoms with van der Waals surface area (Å²) in [6, 6.07) is 8.29. The summed E-state index contributed by atoms with van der Waals surface area (Å²) >= 11 is 0. The normalized spacial score (nSPS) is 10.7. The van der Waals surface area contributed by atoms with E-state index in [0.29, 0.717) is 13.2 Å². The molecular formula is C16H23N3O2. The zero-order chi connectivity index (χ0) is 15.2. The van der Waals surface area contributed by atoms with Gasteiger partial charge in [0.05, 0.1) is 25.0 Å². The summed E-state index contributed by atoms with van der Waals surface area (Å²) in [6.45, 7) is 3.40. The van der Waals surface area contributed by atoms with Crippen LogP contribution in [0.3, 0.4) is 0 Å². The maximum Gasteiger partial charge on any atom is 0.216 e. The van der Waals surface area contributed by atoms with Crippen molar-refractivity contribution < 1.29 is 9.47 Å². The van der Waals surface area contributed by atoms with Crippen LogP contribution in [0.15, 0.2) is 24.3 Å². The minimum Gasteiger partial charge on any atom is -0.481 e. The lowest BCUT2D eigenvalue weighted by atomic mass is 10.1. The summed E-state index contributed by atoms with van der Waals surface area (Å²) in [5.74, 6) is 0.800. The number of benzene rings is 1. The Morgan fingerprint density at radius 2 is 2.00 bits per heavy atom. The molecular weight excluding hydrogens is 266 g/mol. The summed E-state index contributed by atoms with van der Waals surface area (Å²) in [5.41, 5.74) is 4.44. The summed E-state index contributed by atoms with van der Waals surface area (Å²) in [6.07, 6.45) is 0.892. The number of methoxy groups -OCH3 is 2.